The zero-order valence-corrected chi connectivity index (χ0v) is 10.8. The van der Waals surface area contributed by atoms with Crippen molar-refractivity contribution >= 4 is 11.9 Å². The quantitative estimate of drug-likeness (QED) is 0.320. The molecule has 0 radical (unpaired) electrons. The first-order valence-electron chi connectivity index (χ1n) is 5.57. The van der Waals surface area contributed by atoms with Crippen molar-refractivity contribution in [1.82, 2.24) is 0 Å². The number of carbonyl (C=O) groups is 2. The van der Waals surface area contributed by atoms with Crippen LogP contribution in [0.15, 0.2) is 24.3 Å². The molecule has 0 saturated heterocycles. The molecule has 0 spiro atoms. The molecule has 3 N–H and O–H groups in total. The number of aromatic hydroxyl groups is 3. The summed E-state index contributed by atoms with van der Waals surface area (Å²) in [6.45, 7) is 4.53. The standard InChI is InChI=1S/C13H14O7/c1-7(2)12(17)19-3-4-20-13(18)8-5-9(14)11(16)10(15)6-8/h5-6,14-16H,1,3-4H2,2H3. The Morgan fingerprint density at radius 3 is 2.10 bits per heavy atom. The molecule has 0 aliphatic heterocycles. The van der Waals surface area contributed by atoms with Crippen LogP contribution in [-0.4, -0.2) is 40.5 Å². The molecular weight excluding hydrogens is 268 g/mol. The molecule has 1 aromatic carbocycles. The third-order valence-electron chi connectivity index (χ3n) is 2.20. The van der Waals surface area contributed by atoms with E-state index in [0.29, 0.717) is 0 Å². The summed E-state index contributed by atoms with van der Waals surface area (Å²) in [5, 5.41) is 27.6. The fourth-order valence-electron chi connectivity index (χ4n) is 1.20. The summed E-state index contributed by atoms with van der Waals surface area (Å²) in [6.07, 6.45) is 0. The summed E-state index contributed by atoms with van der Waals surface area (Å²) >= 11 is 0. The second kappa shape index (κ2) is 6.46. The van der Waals surface area contributed by atoms with Crippen molar-refractivity contribution in [2.45, 2.75) is 6.92 Å². The molecule has 0 bridgehead atoms. The van der Waals surface area contributed by atoms with Crippen LogP contribution in [-0.2, 0) is 14.3 Å². The maximum Gasteiger partial charge on any atom is 0.338 e. The number of hydrogen-bond acceptors (Lipinski definition) is 7. The maximum atomic E-state index is 11.6. The third-order valence-corrected chi connectivity index (χ3v) is 2.20. The third kappa shape index (κ3) is 3.91. The van der Waals surface area contributed by atoms with Gasteiger partial charge in [-0.15, -0.1) is 0 Å². The van der Waals surface area contributed by atoms with Crippen molar-refractivity contribution in [2.24, 2.45) is 0 Å². The van der Waals surface area contributed by atoms with Crippen LogP contribution < -0.4 is 0 Å². The van der Waals surface area contributed by atoms with Gasteiger partial charge in [0.2, 0.25) is 0 Å². The molecule has 0 heterocycles. The van der Waals surface area contributed by atoms with E-state index < -0.39 is 29.2 Å². The molecule has 0 aromatic heterocycles. The molecule has 7 nitrogen and oxygen atoms in total. The molecule has 0 amide bonds. The number of hydrogen-bond donors (Lipinski definition) is 3. The normalized spacial score (nSPS) is 9.85. The van der Waals surface area contributed by atoms with Crippen LogP contribution in [0.4, 0.5) is 0 Å². The van der Waals surface area contributed by atoms with Crippen LogP contribution >= 0.6 is 0 Å². The second-order valence-corrected chi connectivity index (χ2v) is 3.92. The number of phenols is 3. The molecule has 0 aliphatic carbocycles. The molecule has 108 valence electrons. The fourth-order valence-corrected chi connectivity index (χ4v) is 1.20. The summed E-state index contributed by atoms with van der Waals surface area (Å²) in [6, 6.07) is 1.88. The lowest BCUT2D eigenvalue weighted by molar-refractivity contribution is -0.140. The van der Waals surface area contributed by atoms with E-state index in [1.54, 1.807) is 0 Å². The van der Waals surface area contributed by atoms with Crippen molar-refractivity contribution < 1.29 is 34.4 Å². The minimum absolute atomic E-state index is 0.145. The molecule has 0 unspecified atom stereocenters. The SMILES string of the molecule is C=C(C)C(=O)OCCOC(=O)c1cc(O)c(O)c(O)c1. The highest BCUT2D eigenvalue weighted by Gasteiger charge is 2.14. The predicted molar refractivity (Wildman–Crippen MR) is 67.5 cm³/mol. The van der Waals surface area contributed by atoms with Crippen LogP contribution in [0.25, 0.3) is 0 Å². The van der Waals surface area contributed by atoms with Gasteiger partial charge in [0.15, 0.2) is 17.2 Å². The van der Waals surface area contributed by atoms with Gasteiger partial charge in [-0.3, -0.25) is 0 Å². The molecule has 0 aliphatic rings. The fraction of sp³-hybridized carbons (Fsp3) is 0.231. The van der Waals surface area contributed by atoms with Gasteiger partial charge < -0.3 is 24.8 Å². The van der Waals surface area contributed by atoms with Gasteiger partial charge in [-0.25, -0.2) is 9.59 Å². The van der Waals surface area contributed by atoms with Crippen LogP contribution in [0.3, 0.4) is 0 Å². The van der Waals surface area contributed by atoms with Gasteiger partial charge in [0.05, 0.1) is 5.56 Å². The molecular formula is C13H14O7. The average Bonchev–Trinajstić information content (AvgIpc) is 2.39. The van der Waals surface area contributed by atoms with E-state index in [9.17, 15) is 19.8 Å². The Hall–Kier alpha value is -2.70. The van der Waals surface area contributed by atoms with Gasteiger partial charge in [0.1, 0.15) is 13.2 Å². The molecule has 7 heteroatoms. The number of benzene rings is 1. The summed E-state index contributed by atoms with van der Waals surface area (Å²) in [5.74, 6) is -3.46. The molecule has 20 heavy (non-hydrogen) atoms. The van der Waals surface area contributed by atoms with Crippen molar-refractivity contribution in [3.63, 3.8) is 0 Å². The predicted octanol–water partition coefficient (Wildman–Crippen LogP) is 1.08. The second-order valence-electron chi connectivity index (χ2n) is 3.92. The van der Waals surface area contributed by atoms with Crippen molar-refractivity contribution in [1.29, 1.82) is 0 Å². The first kappa shape index (κ1) is 15.4. The Kier molecular flexibility index (Phi) is 4.96. The van der Waals surface area contributed by atoms with Gasteiger partial charge >= 0.3 is 11.9 Å². The highest BCUT2D eigenvalue weighted by Crippen LogP contribution is 2.35. The van der Waals surface area contributed by atoms with E-state index in [4.69, 9.17) is 14.6 Å². The number of ether oxygens (including phenoxy) is 2. The average molecular weight is 282 g/mol. The smallest absolute Gasteiger partial charge is 0.338 e. The highest BCUT2D eigenvalue weighted by atomic mass is 16.6. The van der Waals surface area contributed by atoms with E-state index >= 15 is 0 Å². The molecule has 0 fully saturated rings. The molecule has 0 atom stereocenters. The van der Waals surface area contributed by atoms with Crippen LogP contribution in [0, 0.1) is 0 Å². The van der Waals surface area contributed by atoms with Crippen molar-refractivity contribution in [3.8, 4) is 17.2 Å². The van der Waals surface area contributed by atoms with E-state index in [1.165, 1.54) is 6.92 Å². The Morgan fingerprint density at radius 2 is 1.60 bits per heavy atom. The zero-order valence-electron chi connectivity index (χ0n) is 10.8. The lowest BCUT2D eigenvalue weighted by Gasteiger charge is -2.07. The van der Waals surface area contributed by atoms with Gasteiger partial charge in [0, 0.05) is 5.57 Å². The van der Waals surface area contributed by atoms with Gasteiger partial charge in [-0.05, 0) is 19.1 Å². The lowest BCUT2D eigenvalue weighted by Crippen LogP contribution is -2.14. The zero-order chi connectivity index (χ0) is 15.3. The van der Waals surface area contributed by atoms with E-state index in [0.717, 1.165) is 12.1 Å². The molecule has 1 aromatic rings. The number of esters is 2. The largest absolute Gasteiger partial charge is 0.504 e. The molecule has 0 saturated carbocycles. The van der Waals surface area contributed by atoms with Crippen LogP contribution in [0.5, 0.6) is 17.2 Å². The number of carbonyl (C=O) groups excluding carboxylic acids is 2. The van der Waals surface area contributed by atoms with Crippen molar-refractivity contribution in [3.05, 3.63) is 29.8 Å². The Balaban J connectivity index is 2.52. The van der Waals surface area contributed by atoms with Gasteiger partial charge in [0.25, 0.3) is 0 Å². The van der Waals surface area contributed by atoms with Crippen molar-refractivity contribution in [2.75, 3.05) is 13.2 Å². The topological polar surface area (TPSA) is 113 Å². The van der Waals surface area contributed by atoms with E-state index in [2.05, 4.69) is 6.58 Å². The van der Waals surface area contributed by atoms with Gasteiger partial charge in [-0.1, -0.05) is 6.58 Å². The van der Waals surface area contributed by atoms with Crippen LogP contribution in [0.1, 0.15) is 17.3 Å². The number of phenolic OH excluding ortho intramolecular Hbond substituents is 3. The first-order chi connectivity index (χ1) is 9.32. The Bertz CT molecular complexity index is 525. The summed E-state index contributed by atoms with van der Waals surface area (Å²) in [5.41, 5.74) is 0.0775. The van der Waals surface area contributed by atoms with E-state index in [1.807, 2.05) is 0 Å². The minimum Gasteiger partial charge on any atom is -0.504 e. The highest BCUT2D eigenvalue weighted by molar-refractivity contribution is 5.91. The van der Waals surface area contributed by atoms with E-state index in [-0.39, 0.29) is 24.4 Å². The number of rotatable bonds is 5. The summed E-state index contributed by atoms with van der Waals surface area (Å²) in [7, 11) is 0. The van der Waals surface area contributed by atoms with Gasteiger partial charge in [-0.2, -0.15) is 0 Å². The maximum absolute atomic E-state index is 11.6. The monoisotopic (exact) mass is 282 g/mol. The minimum atomic E-state index is -0.845. The Morgan fingerprint density at radius 1 is 1.10 bits per heavy atom. The Labute approximate surface area is 114 Å². The summed E-state index contributed by atoms with van der Waals surface area (Å²) in [4.78, 5) is 22.6. The lowest BCUT2D eigenvalue weighted by atomic mass is 10.2. The summed E-state index contributed by atoms with van der Waals surface area (Å²) < 4.78 is 9.46. The molecule has 1 rings (SSSR count). The van der Waals surface area contributed by atoms with Crippen LogP contribution in [0.2, 0.25) is 0 Å². The first-order valence-corrected chi connectivity index (χ1v) is 5.57.